The van der Waals surface area contributed by atoms with Crippen LogP contribution in [0.5, 0.6) is 5.75 Å². The summed E-state index contributed by atoms with van der Waals surface area (Å²) in [7, 11) is 1.68. The van der Waals surface area contributed by atoms with Crippen molar-refractivity contribution in [1.29, 1.82) is 0 Å². The van der Waals surface area contributed by atoms with E-state index in [9.17, 15) is 4.79 Å². The van der Waals surface area contributed by atoms with Gasteiger partial charge in [0.15, 0.2) is 0 Å². The normalized spacial score (nSPS) is 25.6. The van der Waals surface area contributed by atoms with E-state index in [4.69, 9.17) is 14.2 Å². The molecule has 34 heavy (non-hydrogen) atoms. The predicted octanol–water partition coefficient (Wildman–Crippen LogP) is 5.36. The third-order valence-electron chi connectivity index (χ3n) is 7.88. The number of esters is 1. The van der Waals surface area contributed by atoms with E-state index in [0.29, 0.717) is 18.6 Å². The molecule has 0 spiro atoms. The van der Waals surface area contributed by atoms with Crippen LogP contribution in [0.15, 0.2) is 48.6 Å². The van der Waals surface area contributed by atoms with E-state index in [2.05, 4.69) is 53.5 Å². The molecule has 1 saturated carbocycles. The predicted molar refractivity (Wildman–Crippen MR) is 134 cm³/mol. The lowest BCUT2D eigenvalue weighted by molar-refractivity contribution is -0.150. The van der Waals surface area contributed by atoms with Crippen LogP contribution in [0.1, 0.15) is 44.6 Å². The number of nitrogens with zero attached hydrogens (tertiary/aromatic N) is 1. The van der Waals surface area contributed by atoms with E-state index < -0.39 is 0 Å². The summed E-state index contributed by atoms with van der Waals surface area (Å²) in [5.74, 6) is 2.27. The highest BCUT2D eigenvalue weighted by Crippen LogP contribution is 2.41. The Morgan fingerprint density at radius 2 is 1.85 bits per heavy atom. The second kappa shape index (κ2) is 10.5. The van der Waals surface area contributed by atoms with E-state index in [1.54, 1.807) is 7.11 Å². The fraction of sp³-hybridized carbons (Fsp3) is 0.552. The Bertz CT molecular complexity index is 1030. The first-order valence-corrected chi connectivity index (χ1v) is 12.9. The van der Waals surface area contributed by atoms with E-state index in [1.807, 2.05) is 6.92 Å². The molecule has 4 atom stereocenters. The lowest BCUT2D eigenvalue weighted by Gasteiger charge is -2.31. The first kappa shape index (κ1) is 23.4. The van der Waals surface area contributed by atoms with E-state index in [-0.39, 0.29) is 18.0 Å². The number of piperidine rings is 1. The summed E-state index contributed by atoms with van der Waals surface area (Å²) in [6.07, 6.45) is 10.0. The Labute approximate surface area is 203 Å². The number of hydrogen-bond acceptors (Lipinski definition) is 5. The summed E-state index contributed by atoms with van der Waals surface area (Å²) in [6.45, 7) is 5.20. The summed E-state index contributed by atoms with van der Waals surface area (Å²) < 4.78 is 17.0. The molecule has 3 unspecified atom stereocenters. The number of ether oxygens (including phenoxy) is 3. The van der Waals surface area contributed by atoms with Crippen LogP contribution in [-0.4, -0.2) is 49.9 Å². The first-order chi connectivity index (χ1) is 16.6. The maximum atomic E-state index is 12.4. The minimum Gasteiger partial charge on any atom is -0.490 e. The van der Waals surface area contributed by atoms with Crippen LogP contribution < -0.4 is 4.74 Å². The summed E-state index contributed by atoms with van der Waals surface area (Å²) in [5, 5.41) is 2.48. The smallest absolute Gasteiger partial charge is 0.309 e. The SMILES string of the molecule is CO[C@H](C)CCOC(=O)C1CCN(Cc2ccc3cc(OC4CC5C=CC4C5)ccc3c2)CC1. The maximum Gasteiger partial charge on any atom is 0.309 e. The second-order valence-electron chi connectivity index (χ2n) is 10.3. The topological polar surface area (TPSA) is 48.0 Å². The monoisotopic (exact) mass is 463 g/mol. The molecule has 5 rings (SSSR count). The Kier molecular flexibility index (Phi) is 7.21. The molecule has 2 aliphatic carbocycles. The van der Waals surface area contributed by atoms with Gasteiger partial charge in [-0.15, -0.1) is 0 Å². The number of benzene rings is 2. The van der Waals surface area contributed by atoms with Crippen LogP contribution in [0.4, 0.5) is 0 Å². The van der Waals surface area contributed by atoms with Gasteiger partial charge in [0.05, 0.1) is 18.6 Å². The van der Waals surface area contributed by atoms with Gasteiger partial charge in [0.1, 0.15) is 11.9 Å². The average molecular weight is 464 g/mol. The number of hydrogen-bond donors (Lipinski definition) is 0. The highest BCUT2D eigenvalue weighted by molar-refractivity contribution is 5.84. The van der Waals surface area contributed by atoms with Crippen LogP contribution in [0.2, 0.25) is 0 Å². The fourth-order valence-electron chi connectivity index (χ4n) is 5.63. The Balaban J connectivity index is 1.11. The highest BCUT2D eigenvalue weighted by Gasteiger charge is 2.37. The van der Waals surface area contributed by atoms with Crippen molar-refractivity contribution in [1.82, 2.24) is 4.90 Å². The first-order valence-electron chi connectivity index (χ1n) is 12.9. The van der Waals surface area contributed by atoms with Gasteiger partial charge in [0.2, 0.25) is 0 Å². The Morgan fingerprint density at radius 3 is 2.59 bits per heavy atom. The van der Waals surface area contributed by atoms with Crippen molar-refractivity contribution in [2.24, 2.45) is 17.8 Å². The van der Waals surface area contributed by atoms with E-state index in [1.165, 1.54) is 22.8 Å². The summed E-state index contributed by atoms with van der Waals surface area (Å²) in [6, 6.07) is 13.2. The van der Waals surface area contributed by atoms with Crippen molar-refractivity contribution in [3.05, 3.63) is 54.1 Å². The minimum absolute atomic E-state index is 0.0229. The second-order valence-corrected chi connectivity index (χ2v) is 10.3. The van der Waals surface area contributed by atoms with Gasteiger partial charge < -0.3 is 14.2 Å². The number of methoxy groups -OCH3 is 1. The highest BCUT2D eigenvalue weighted by atomic mass is 16.5. The Hall–Kier alpha value is -2.37. The number of likely N-dealkylation sites (tertiary alicyclic amines) is 1. The third kappa shape index (κ3) is 5.47. The molecule has 5 heteroatoms. The summed E-state index contributed by atoms with van der Waals surface area (Å²) >= 11 is 0. The Morgan fingerprint density at radius 1 is 1.06 bits per heavy atom. The van der Waals surface area contributed by atoms with Crippen LogP contribution in [0, 0.1) is 17.8 Å². The standard InChI is InChI=1S/C29H37NO4/c1-20(32-2)11-14-33-29(31)23-9-12-30(13-10-23)19-22-4-5-25-18-27(8-7-24(25)16-22)34-28-17-21-3-6-26(28)15-21/h3-8,16,18,20-21,23,26,28H,9-15,17,19H2,1-2H3/t20-,21?,26?,28?/m1/s1. The van der Waals surface area contributed by atoms with E-state index in [0.717, 1.165) is 57.0 Å². The molecular weight excluding hydrogens is 426 g/mol. The number of rotatable bonds is 9. The van der Waals surface area contributed by atoms with Crippen molar-refractivity contribution in [3.8, 4) is 5.75 Å². The fourth-order valence-corrected chi connectivity index (χ4v) is 5.63. The number of carbonyl (C=O) groups excluding carboxylic acids is 1. The zero-order valence-corrected chi connectivity index (χ0v) is 20.4. The van der Waals surface area contributed by atoms with Crippen molar-refractivity contribution >= 4 is 16.7 Å². The van der Waals surface area contributed by atoms with Crippen molar-refractivity contribution in [2.75, 3.05) is 26.8 Å². The molecule has 182 valence electrons. The molecule has 1 saturated heterocycles. The van der Waals surface area contributed by atoms with Gasteiger partial charge in [-0.3, -0.25) is 9.69 Å². The molecule has 2 aromatic carbocycles. The summed E-state index contributed by atoms with van der Waals surface area (Å²) in [5.41, 5.74) is 1.31. The largest absolute Gasteiger partial charge is 0.490 e. The molecule has 5 nitrogen and oxygen atoms in total. The molecule has 1 aliphatic heterocycles. The van der Waals surface area contributed by atoms with Crippen molar-refractivity contribution in [3.63, 3.8) is 0 Å². The molecule has 0 amide bonds. The van der Waals surface area contributed by atoms with Gasteiger partial charge >= 0.3 is 5.97 Å². The van der Waals surface area contributed by atoms with Crippen molar-refractivity contribution < 1.29 is 19.0 Å². The molecule has 0 radical (unpaired) electrons. The van der Waals surface area contributed by atoms with Gasteiger partial charge in [-0.05, 0) is 86.1 Å². The molecule has 2 aromatic rings. The lowest BCUT2D eigenvalue weighted by Crippen LogP contribution is -2.36. The minimum atomic E-state index is -0.0480. The van der Waals surface area contributed by atoms with Gasteiger partial charge in [-0.25, -0.2) is 0 Å². The van der Waals surface area contributed by atoms with Crippen LogP contribution >= 0.6 is 0 Å². The quantitative estimate of drug-likeness (QED) is 0.370. The molecule has 2 fully saturated rings. The van der Waals surface area contributed by atoms with E-state index >= 15 is 0 Å². The molecule has 0 N–H and O–H groups in total. The maximum absolute atomic E-state index is 12.4. The molecule has 0 aromatic heterocycles. The number of carbonyl (C=O) groups is 1. The molecule has 1 heterocycles. The van der Waals surface area contributed by atoms with Crippen LogP contribution in [0.25, 0.3) is 10.8 Å². The van der Waals surface area contributed by atoms with Gasteiger partial charge in [-0.1, -0.05) is 30.4 Å². The molecule has 2 bridgehead atoms. The zero-order chi connectivity index (χ0) is 23.5. The van der Waals surface area contributed by atoms with Crippen molar-refractivity contribution in [2.45, 2.75) is 57.8 Å². The van der Waals surface area contributed by atoms with Gasteiger partial charge in [-0.2, -0.15) is 0 Å². The lowest BCUT2D eigenvalue weighted by atomic mass is 9.96. The zero-order valence-electron chi connectivity index (χ0n) is 20.4. The van der Waals surface area contributed by atoms with Crippen LogP contribution in [0.3, 0.4) is 0 Å². The van der Waals surface area contributed by atoms with Gasteiger partial charge in [0.25, 0.3) is 0 Å². The number of allylic oxidation sites excluding steroid dienone is 1. The average Bonchev–Trinajstić information content (AvgIpc) is 3.48. The molecular formula is C29H37NO4. The molecule has 3 aliphatic rings. The third-order valence-corrected chi connectivity index (χ3v) is 7.88. The summed E-state index contributed by atoms with van der Waals surface area (Å²) in [4.78, 5) is 14.8. The van der Waals surface area contributed by atoms with Crippen LogP contribution in [-0.2, 0) is 20.8 Å². The number of fused-ring (bicyclic) bond motifs is 3. The van der Waals surface area contributed by atoms with Gasteiger partial charge in [0, 0.05) is 26.0 Å².